The Balaban J connectivity index is 1.57. The molecule has 6 rings (SSSR count). The molecule has 0 bridgehead atoms. The van der Waals surface area contributed by atoms with Crippen LogP contribution in [0.25, 0.3) is 39.1 Å². The number of rotatable bonds is 6. The summed E-state index contributed by atoms with van der Waals surface area (Å²) in [7, 11) is 0. The van der Waals surface area contributed by atoms with Crippen molar-refractivity contribution in [2.75, 3.05) is 0 Å². The Morgan fingerprint density at radius 1 is 0.972 bits per heavy atom. The van der Waals surface area contributed by atoms with Crippen molar-refractivity contribution in [3.8, 4) is 22.7 Å². The fourth-order valence-electron chi connectivity index (χ4n) is 4.47. The fraction of sp³-hybridized carbons (Fsp3) is 0.259. The van der Waals surface area contributed by atoms with Gasteiger partial charge in [0.15, 0.2) is 5.65 Å². The lowest BCUT2D eigenvalue weighted by molar-refractivity contribution is -0.0498. The maximum Gasteiger partial charge on any atom is 0.387 e. The summed E-state index contributed by atoms with van der Waals surface area (Å²) < 4.78 is 33.3. The van der Waals surface area contributed by atoms with Crippen LogP contribution in [0.1, 0.15) is 44.3 Å². The first kappa shape index (κ1) is 22.3. The number of hydrogen-bond acceptors (Lipinski definition) is 5. The minimum absolute atomic E-state index is 0.0133. The molecule has 182 valence electrons. The van der Waals surface area contributed by atoms with E-state index in [1.54, 1.807) is 18.5 Å². The molecule has 3 aromatic heterocycles. The highest BCUT2D eigenvalue weighted by atomic mass is 19.3. The van der Waals surface area contributed by atoms with Crippen LogP contribution in [0.2, 0.25) is 0 Å². The number of nitrogens with zero attached hydrogens (tertiary/aromatic N) is 5. The molecule has 0 radical (unpaired) electrons. The van der Waals surface area contributed by atoms with Crippen molar-refractivity contribution in [3.05, 3.63) is 77.0 Å². The third kappa shape index (κ3) is 3.90. The lowest BCUT2D eigenvalue weighted by atomic mass is 10.1. The highest BCUT2D eigenvalue weighted by Gasteiger charge is 2.26. The van der Waals surface area contributed by atoms with E-state index in [-0.39, 0.29) is 23.0 Å². The molecule has 5 aromatic rings. The van der Waals surface area contributed by atoms with Gasteiger partial charge in [-0.1, -0.05) is 6.07 Å². The zero-order chi connectivity index (χ0) is 25.0. The molecule has 1 aliphatic rings. The number of halogens is 2. The number of hydrogen-bond donors (Lipinski definition) is 0. The fourth-order valence-corrected chi connectivity index (χ4v) is 4.47. The van der Waals surface area contributed by atoms with Gasteiger partial charge >= 0.3 is 6.61 Å². The number of aromatic nitrogens is 5. The summed E-state index contributed by atoms with van der Waals surface area (Å²) in [6.45, 7) is 1.21. The molecule has 0 atom stereocenters. The second kappa shape index (κ2) is 8.51. The van der Waals surface area contributed by atoms with E-state index in [0.717, 1.165) is 29.6 Å². The summed E-state index contributed by atoms with van der Waals surface area (Å²) in [6, 6.07) is 15.7. The van der Waals surface area contributed by atoms with Crippen LogP contribution in [0.15, 0.2) is 65.7 Å². The minimum Gasteiger partial charge on any atom is -0.435 e. The zero-order valence-corrected chi connectivity index (χ0v) is 19.7. The molecule has 0 spiro atoms. The predicted molar refractivity (Wildman–Crippen MR) is 133 cm³/mol. The Hall–Kier alpha value is -4.14. The van der Waals surface area contributed by atoms with Crippen molar-refractivity contribution in [1.82, 2.24) is 24.1 Å². The third-order valence-corrected chi connectivity index (χ3v) is 6.45. The molecule has 1 saturated carbocycles. The van der Waals surface area contributed by atoms with Crippen molar-refractivity contribution in [2.24, 2.45) is 0 Å². The lowest BCUT2D eigenvalue weighted by Gasteiger charge is -2.14. The number of alkyl halides is 2. The highest BCUT2D eigenvalue weighted by molar-refractivity contribution is 5.83. The third-order valence-electron chi connectivity index (χ3n) is 6.45. The molecule has 0 saturated heterocycles. The Bertz CT molecular complexity index is 1650. The molecule has 0 amide bonds. The van der Waals surface area contributed by atoms with Gasteiger partial charge in [-0.3, -0.25) is 9.36 Å². The smallest absolute Gasteiger partial charge is 0.387 e. The van der Waals surface area contributed by atoms with E-state index in [1.165, 1.54) is 16.7 Å². The first-order valence-corrected chi connectivity index (χ1v) is 11.8. The Morgan fingerprint density at radius 2 is 1.72 bits per heavy atom. The number of fused-ring (bicyclic) bond motifs is 2. The Kier molecular flexibility index (Phi) is 5.28. The molecule has 1 fully saturated rings. The van der Waals surface area contributed by atoms with E-state index < -0.39 is 6.61 Å². The Morgan fingerprint density at radius 3 is 2.42 bits per heavy atom. The molecular weight excluding hydrogens is 464 g/mol. The predicted octanol–water partition coefficient (Wildman–Crippen LogP) is 5.86. The largest absolute Gasteiger partial charge is 0.435 e. The maximum absolute atomic E-state index is 13.9. The maximum atomic E-state index is 13.9. The van der Waals surface area contributed by atoms with Crippen LogP contribution in [0, 0.1) is 0 Å². The highest BCUT2D eigenvalue weighted by Crippen LogP contribution is 2.39. The summed E-state index contributed by atoms with van der Waals surface area (Å²) in [5.41, 5.74) is 4.74. The summed E-state index contributed by atoms with van der Waals surface area (Å²) >= 11 is 0. The standard InChI is InChI=1S/C27H23F2N5O2/c1-15(2)33-14-30-21-10-5-17(13-23(21)33)24-26(35)34(18-6-8-19(9-7-18)36-27(28)29)25-22(31-24)12-11-20(32-25)16-3-4-16/h5-16,27H,3-4H2,1-2H3. The van der Waals surface area contributed by atoms with Gasteiger partial charge in [0.2, 0.25) is 0 Å². The molecule has 7 nitrogen and oxygen atoms in total. The van der Waals surface area contributed by atoms with Crippen molar-refractivity contribution in [2.45, 2.75) is 45.3 Å². The monoisotopic (exact) mass is 487 g/mol. The van der Waals surface area contributed by atoms with Crippen molar-refractivity contribution >= 4 is 22.2 Å². The molecule has 2 aromatic carbocycles. The quantitative estimate of drug-likeness (QED) is 0.300. The number of imidazole rings is 1. The normalized spacial score (nSPS) is 13.8. The van der Waals surface area contributed by atoms with Crippen molar-refractivity contribution in [1.29, 1.82) is 0 Å². The minimum atomic E-state index is -2.93. The first-order valence-electron chi connectivity index (χ1n) is 11.8. The lowest BCUT2D eigenvalue weighted by Crippen LogP contribution is -2.23. The molecular formula is C27H23F2N5O2. The van der Waals surface area contributed by atoms with E-state index in [0.29, 0.717) is 28.3 Å². The van der Waals surface area contributed by atoms with Gasteiger partial charge in [0.05, 0.1) is 23.0 Å². The molecule has 36 heavy (non-hydrogen) atoms. The summed E-state index contributed by atoms with van der Waals surface area (Å²) in [4.78, 5) is 27.9. The van der Waals surface area contributed by atoms with Gasteiger partial charge in [-0.05, 0) is 75.2 Å². The van der Waals surface area contributed by atoms with Crippen molar-refractivity contribution in [3.63, 3.8) is 0 Å². The molecule has 3 heterocycles. The van der Waals surface area contributed by atoms with E-state index in [1.807, 2.05) is 34.9 Å². The van der Waals surface area contributed by atoms with Crippen LogP contribution in [-0.4, -0.2) is 30.7 Å². The second-order valence-electron chi connectivity index (χ2n) is 9.28. The van der Waals surface area contributed by atoms with Gasteiger partial charge in [-0.25, -0.2) is 15.0 Å². The molecule has 1 aliphatic carbocycles. The van der Waals surface area contributed by atoms with Crippen LogP contribution in [0.4, 0.5) is 8.78 Å². The summed E-state index contributed by atoms with van der Waals surface area (Å²) in [5, 5.41) is 0. The van der Waals surface area contributed by atoms with Gasteiger partial charge in [-0.15, -0.1) is 0 Å². The van der Waals surface area contributed by atoms with E-state index in [2.05, 4.69) is 23.6 Å². The van der Waals surface area contributed by atoms with E-state index >= 15 is 0 Å². The van der Waals surface area contributed by atoms with Gasteiger partial charge in [0.1, 0.15) is 17.0 Å². The van der Waals surface area contributed by atoms with Crippen LogP contribution in [0.5, 0.6) is 5.75 Å². The van der Waals surface area contributed by atoms with E-state index in [4.69, 9.17) is 9.97 Å². The van der Waals surface area contributed by atoms with Gasteiger partial charge in [0.25, 0.3) is 5.56 Å². The van der Waals surface area contributed by atoms with Crippen LogP contribution >= 0.6 is 0 Å². The zero-order valence-electron chi connectivity index (χ0n) is 19.7. The number of benzene rings is 2. The van der Waals surface area contributed by atoms with Gasteiger partial charge < -0.3 is 9.30 Å². The first-order chi connectivity index (χ1) is 17.4. The molecule has 9 heteroatoms. The second-order valence-corrected chi connectivity index (χ2v) is 9.28. The average Bonchev–Trinajstić information content (AvgIpc) is 3.62. The molecule has 0 unspecified atom stereocenters. The molecule has 0 N–H and O–H groups in total. The number of pyridine rings is 1. The Labute approximate surface area is 205 Å². The average molecular weight is 488 g/mol. The van der Waals surface area contributed by atoms with Crippen molar-refractivity contribution < 1.29 is 13.5 Å². The SMILES string of the molecule is CC(C)n1cnc2ccc(-c3nc4ccc(C5CC5)nc4n(-c4ccc(OC(F)F)cc4)c3=O)cc21. The summed E-state index contributed by atoms with van der Waals surface area (Å²) in [6.07, 6.45) is 3.92. The van der Waals surface area contributed by atoms with Crippen LogP contribution in [0.3, 0.4) is 0 Å². The van der Waals surface area contributed by atoms with Crippen LogP contribution in [-0.2, 0) is 0 Å². The topological polar surface area (TPSA) is 74.8 Å². The van der Waals surface area contributed by atoms with Crippen LogP contribution < -0.4 is 10.3 Å². The van der Waals surface area contributed by atoms with Gasteiger partial charge in [-0.2, -0.15) is 8.78 Å². The number of ether oxygens (including phenoxy) is 1. The van der Waals surface area contributed by atoms with E-state index in [9.17, 15) is 13.6 Å². The molecule has 0 aliphatic heterocycles. The summed E-state index contributed by atoms with van der Waals surface area (Å²) in [5.74, 6) is 0.401. The van der Waals surface area contributed by atoms with Gasteiger partial charge in [0, 0.05) is 23.2 Å².